The fraction of sp³-hybridized carbons (Fsp3) is 0.467. The molecule has 0 aliphatic heterocycles. The third-order valence-corrected chi connectivity index (χ3v) is 3.24. The topological polar surface area (TPSA) is 74.2 Å². The van der Waals surface area contributed by atoms with Crippen LogP contribution in [0.5, 0.6) is 5.75 Å². The number of ether oxygens (including phenoxy) is 1. The minimum atomic E-state index is -0.305. The molecule has 0 aliphatic rings. The van der Waals surface area contributed by atoms with Crippen LogP contribution in [0.15, 0.2) is 22.7 Å². The predicted octanol–water partition coefficient (Wildman–Crippen LogP) is 3.10. The molecular weight excluding hydrogens is 254 g/mol. The molecule has 0 fully saturated rings. The van der Waals surface area contributed by atoms with Crippen molar-refractivity contribution < 1.29 is 9.26 Å². The summed E-state index contributed by atoms with van der Waals surface area (Å²) >= 11 is 0. The number of benzene rings is 1. The van der Waals surface area contributed by atoms with Gasteiger partial charge in [0, 0.05) is 0 Å². The molecule has 1 heterocycles. The molecule has 0 saturated carbocycles. The van der Waals surface area contributed by atoms with E-state index in [2.05, 4.69) is 10.1 Å². The molecule has 1 aromatic carbocycles. The molecule has 1 atom stereocenters. The van der Waals surface area contributed by atoms with Crippen molar-refractivity contribution in [3.05, 3.63) is 29.7 Å². The van der Waals surface area contributed by atoms with Crippen LogP contribution in [0, 0.1) is 12.3 Å². The second-order valence-electron chi connectivity index (χ2n) is 6.00. The molecule has 5 heteroatoms. The molecule has 0 unspecified atom stereocenters. The molecule has 0 amide bonds. The van der Waals surface area contributed by atoms with E-state index in [1.54, 1.807) is 7.11 Å². The van der Waals surface area contributed by atoms with E-state index in [-0.39, 0.29) is 11.5 Å². The van der Waals surface area contributed by atoms with Gasteiger partial charge in [0.05, 0.1) is 18.7 Å². The van der Waals surface area contributed by atoms with E-state index in [0.29, 0.717) is 11.7 Å². The molecular formula is C15H21N3O2. The minimum absolute atomic E-state index is 0.138. The number of nitrogens with zero attached hydrogens (tertiary/aromatic N) is 2. The monoisotopic (exact) mass is 275 g/mol. The van der Waals surface area contributed by atoms with Crippen molar-refractivity contribution in [2.45, 2.75) is 33.7 Å². The Hall–Kier alpha value is -1.88. The molecule has 0 aliphatic carbocycles. The van der Waals surface area contributed by atoms with Crippen molar-refractivity contribution in [1.29, 1.82) is 0 Å². The molecule has 1 aromatic heterocycles. The van der Waals surface area contributed by atoms with Crippen molar-refractivity contribution in [3.63, 3.8) is 0 Å². The van der Waals surface area contributed by atoms with Crippen molar-refractivity contribution in [2.24, 2.45) is 11.1 Å². The summed E-state index contributed by atoms with van der Waals surface area (Å²) < 4.78 is 10.7. The van der Waals surface area contributed by atoms with E-state index in [0.717, 1.165) is 16.9 Å². The van der Waals surface area contributed by atoms with Crippen LogP contribution in [-0.4, -0.2) is 17.3 Å². The lowest BCUT2D eigenvalue weighted by molar-refractivity contribution is 0.253. The standard InChI is InChI=1S/C15H21N3O2/c1-9-6-7-10(11(8-9)19-5)13-17-14(20-18-13)12(16)15(2,3)4/h6-8,12H,16H2,1-5H3/t12-/m0/s1. The van der Waals surface area contributed by atoms with Crippen LogP contribution in [0.3, 0.4) is 0 Å². The number of aryl methyl sites for hydroxylation is 1. The Kier molecular flexibility index (Phi) is 3.81. The van der Waals surface area contributed by atoms with E-state index >= 15 is 0 Å². The van der Waals surface area contributed by atoms with Gasteiger partial charge in [0.2, 0.25) is 11.7 Å². The summed E-state index contributed by atoms with van der Waals surface area (Å²) in [7, 11) is 1.63. The summed E-state index contributed by atoms with van der Waals surface area (Å²) in [5, 5.41) is 4.01. The van der Waals surface area contributed by atoms with E-state index in [4.69, 9.17) is 15.0 Å². The Balaban J connectivity index is 2.39. The Morgan fingerprint density at radius 1 is 1.30 bits per heavy atom. The normalized spacial score (nSPS) is 13.3. The van der Waals surface area contributed by atoms with Gasteiger partial charge in [0.15, 0.2) is 0 Å². The van der Waals surface area contributed by atoms with Crippen LogP contribution in [-0.2, 0) is 0 Å². The molecule has 0 saturated heterocycles. The molecule has 2 aromatic rings. The van der Waals surface area contributed by atoms with Gasteiger partial charge in [-0.1, -0.05) is 32.0 Å². The van der Waals surface area contributed by atoms with E-state index in [9.17, 15) is 0 Å². The summed E-state index contributed by atoms with van der Waals surface area (Å²) in [5.41, 5.74) is 7.90. The molecule has 108 valence electrons. The average molecular weight is 275 g/mol. The smallest absolute Gasteiger partial charge is 0.244 e. The Bertz CT molecular complexity index is 599. The zero-order chi connectivity index (χ0) is 14.9. The summed E-state index contributed by atoms with van der Waals surface area (Å²) in [6, 6.07) is 5.54. The van der Waals surface area contributed by atoms with Gasteiger partial charge in [0.25, 0.3) is 0 Å². The Morgan fingerprint density at radius 3 is 2.60 bits per heavy atom. The van der Waals surface area contributed by atoms with Crippen LogP contribution in [0.2, 0.25) is 0 Å². The van der Waals surface area contributed by atoms with Crippen LogP contribution in [0.25, 0.3) is 11.4 Å². The van der Waals surface area contributed by atoms with Crippen molar-refractivity contribution >= 4 is 0 Å². The first-order chi connectivity index (χ1) is 9.32. The lowest BCUT2D eigenvalue weighted by atomic mass is 9.87. The number of methoxy groups -OCH3 is 1. The summed E-state index contributed by atoms with van der Waals surface area (Å²) in [5.74, 6) is 1.66. The van der Waals surface area contributed by atoms with Gasteiger partial charge in [-0.05, 0) is 30.0 Å². The van der Waals surface area contributed by atoms with E-state index < -0.39 is 0 Å². The molecule has 5 nitrogen and oxygen atoms in total. The molecule has 0 bridgehead atoms. The van der Waals surface area contributed by atoms with Crippen LogP contribution in [0.4, 0.5) is 0 Å². The quantitative estimate of drug-likeness (QED) is 0.931. The minimum Gasteiger partial charge on any atom is -0.496 e. The van der Waals surface area contributed by atoms with Crippen molar-refractivity contribution in [1.82, 2.24) is 10.1 Å². The van der Waals surface area contributed by atoms with Gasteiger partial charge in [0.1, 0.15) is 5.75 Å². The lowest BCUT2D eigenvalue weighted by Gasteiger charge is -2.23. The van der Waals surface area contributed by atoms with Gasteiger partial charge in [-0.3, -0.25) is 0 Å². The number of hydrogen-bond acceptors (Lipinski definition) is 5. The SMILES string of the molecule is COc1cc(C)ccc1-c1noc([C@H](N)C(C)(C)C)n1. The van der Waals surface area contributed by atoms with Gasteiger partial charge in [-0.15, -0.1) is 0 Å². The summed E-state index contributed by atoms with van der Waals surface area (Å²) in [6.07, 6.45) is 0. The van der Waals surface area contributed by atoms with E-state index in [1.165, 1.54) is 0 Å². The van der Waals surface area contributed by atoms with Gasteiger partial charge in [-0.25, -0.2) is 0 Å². The zero-order valence-electron chi connectivity index (χ0n) is 12.6. The van der Waals surface area contributed by atoms with Gasteiger partial charge >= 0.3 is 0 Å². The highest BCUT2D eigenvalue weighted by Crippen LogP contribution is 2.33. The molecule has 20 heavy (non-hydrogen) atoms. The highest BCUT2D eigenvalue weighted by Gasteiger charge is 2.28. The largest absolute Gasteiger partial charge is 0.496 e. The van der Waals surface area contributed by atoms with Crippen molar-refractivity contribution in [2.75, 3.05) is 7.11 Å². The fourth-order valence-corrected chi connectivity index (χ4v) is 1.82. The highest BCUT2D eigenvalue weighted by molar-refractivity contribution is 5.64. The third kappa shape index (κ3) is 2.82. The molecule has 0 radical (unpaired) electrons. The highest BCUT2D eigenvalue weighted by atomic mass is 16.5. The van der Waals surface area contributed by atoms with Crippen molar-refractivity contribution in [3.8, 4) is 17.1 Å². The first-order valence-electron chi connectivity index (χ1n) is 6.57. The summed E-state index contributed by atoms with van der Waals surface area (Å²) in [4.78, 5) is 4.40. The first-order valence-corrected chi connectivity index (χ1v) is 6.57. The zero-order valence-corrected chi connectivity index (χ0v) is 12.6. The van der Waals surface area contributed by atoms with E-state index in [1.807, 2.05) is 45.9 Å². The maximum Gasteiger partial charge on any atom is 0.244 e. The van der Waals surface area contributed by atoms with Crippen LogP contribution < -0.4 is 10.5 Å². The maximum absolute atomic E-state index is 6.13. The first kappa shape index (κ1) is 14.5. The van der Waals surface area contributed by atoms with Gasteiger partial charge < -0.3 is 15.0 Å². The number of rotatable bonds is 3. The predicted molar refractivity (Wildman–Crippen MR) is 77.4 cm³/mol. The maximum atomic E-state index is 6.13. The lowest BCUT2D eigenvalue weighted by Crippen LogP contribution is -2.26. The molecule has 2 N–H and O–H groups in total. The second-order valence-corrected chi connectivity index (χ2v) is 6.00. The summed E-state index contributed by atoms with van der Waals surface area (Å²) in [6.45, 7) is 8.11. The third-order valence-electron chi connectivity index (χ3n) is 3.24. The second kappa shape index (κ2) is 5.25. The van der Waals surface area contributed by atoms with Crippen LogP contribution >= 0.6 is 0 Å². The van der Waals surface area contributed by atoms with Gasteiger partial charge in [-0.2, -0.15) is 4.98 Å². The number of aromatic nitrogens is 2. The number of nitrogens with two attached hydrogens (primary N) is 1. The fourth-order valence-electron chi connectivity index (χ4n) is 1.82. The number of hydrogen-bond donors (Lipinski definition) is 1. The van der Waals surface area contributed by atoms with Crippen LogP contribution in [0.1, 0.15) is 38.3 Å². The average Bonchev–Trinajstić information content (AvgIpc) is 2.85. The molecule has 0 spiro atoms. The Labute approximate surface area is 119 Å². The molecule has 2 rings (SSSR count). The Morgan fingerprint density at radius 2 is 2.00 bits per heavy atom.